The number of esters is 2. The Labute approximate surface area is 132 Å². The zero-order valence-corrected chi connectivity index (χ0v) is 13.4. The Morgan fingerprint density at radius 1 is 1.00 bits per heavy atom. The fourth-order valence-electron chi connectivity index (χ4n) is 2.04. The van der Waals surface area contributed by atoms with Crippen LogP contribution in [-0.2, 0) is 23.8 Å². The minimum Gasteiger partial charge on any atom is -0.463 e. The normalized spacial score (nSPS) is 15.9. The van der Waals surface area contributed by atoms with Crippen molar-refractivity contribution < 1.29 is 23.8 Å². The molecule has 1 fully saturated rings. The molecule has 0 aromatic heterocycles. The van der Waals surface area contributed by atoms with Gasteiger partial charge in [0, 0.05) is 31.8 Å². The Bertz CT molecular complexity index is 350. The Hall–Kier alpha value is -1.40. The van der Waals surface area contributed by atoms with E-state index in [1.165, 1.54) is 0 Å². The summed E-state index contributed by atoms with van der Waals surface area (Å²) in [6.45, 7) is 7.11. The number of unbranched alkanes of at least 4 members (excludes halogenated alkanes) is 2. The Kier molecular flexibility index (Phi) is 10.3. The van der Waals surface area contributed by atoms with Crippen LogP contribution >= 0.6 is 0 Å². The average molecular weight is 313 g/mol. The standard InChI is InChI=1S/C16H27NO5/c1-2-3-4-11-21-15(18)6-7-16(19)22-12-5-8-17-9-13-20-14-10-17/h6-7H,2-5,8-14H2,1H3. The third-order valence-electron chi connectivity index (χ3n) is 3.31. The van der Waals surface area contributed by atoms with Gasteiger partial charge in [0.1, 0.15) is 0 Å². The second-order valence-corrected chi connectivity index (χ2v) is 5.18. The molecule has 1 heterocycles. The van der Waals surface area contributed by atoms with Crippen molar-refractivity contribution in [3.8, 4) is 0 Å². The highest BCUT2D eigenvalue weighted by atomic mass is 16.5. The maximum atomic E-state index is 11.4. The molecule has 1 aliphatic heterocycles. The van der Waals surface area contributed by atoms with E-state index >= 15 is 0 Å². The second-order valence-electron chi connectivity index (χ2n) is 5.18. The lowest BCUT2D eigenvalue weighted by Gasteiger charge is -2.26. The summed E-state index contributed by atoms with van der Waals surface area (Å²) in [6.07, 6.45) is 5.97. The summed E-state index contributed by atoms with van der Waals surface area (Å²) in [5.41, 5.74) is 0. The van der Waals surface area contributed by atoms with E-state index in [1.807, 2.05) is 0 Å². The zero-order chi connectivity index (χ0) is 16.0. The molecule has 22 heavy (non-hydrogen) atoms. The minimum absolute atomic E-state index is 0.353. The predicted molar refractivity (Wildman–Crippen MR) is 82.5 cm³/mol. The van der Waals surface area contributed by atoms with Crippen LogP contribution in [0.15, 0.2) is 12.2 Å². The molecule has 6 nitrogen and oxygen atoms in total. The Morgan fingerprint density at radius 2 is 1.59 bits per heavy atom. The van der Waals surface area contributed by atoms with E-state index in [2.05, 4.69) is 11.8 Å². The van der Waals surface area contributed by atoms with E-state index in [4.69, 9.17) is 14.2 Å². The molecular weight excluding hydrogens is 286 g/mol. The van der Waals surface area contributed by atoms with E-state index in [9.17, 15) is 9.59 Å². The van der Waals surface area contributed by atoms with Crippen LogP contribution in [0.25, 0.3) is 0 Å². The minimum atomic E-state index is -0.507. The van der Waals surface area contributed by atoms with Gasteiger partial charge in [0.25, 0.3) is 0 Å². The fourth-order valence-corrected chi connectivity index (χ4v) is 2.04. The molecule has 0 aliphatic carbocycles. The third-order valence-corrected chi connectivity index (χ3v) is 3.31. The van der Waals surface area contributed by atoms with Crippen molar-refractivity contribution in [2.45, 2.75) is 32.6 Å². The number of carbonyl (C=O) groups excluding carboxylic acids is 2. The molecular formula is C16H27NO5. The molecule has 0 aromatic rings. The van der Waals surface area contributed by atoms with E-state index in [0.29, 0.717) is 13.2 Å². The summed E-state index contributed by atoms with van der Waals surface area (Å²) >= 11 is 0. The van der Waals surface area contributed by atoms with Gasteiger partial charge in [-0.15, -0.1) is 0 Å². The summed E-state index contributed by atoms with van der Waals surface area (Å²) in [4.78, 5) is 25.0. The van der Waals surface area contributed by atoms with Gasteiger partial charge in [0.05, 0.1) is 26.4 Å². The van der Waals surface area contributed by atoms with Crippen molar-refractivity contribution in [3.63, 3.8) is 0 Å². The molecule has 1 saturated heterocycles. The van der Waals surface area contributed by atoms with Crippen molar-refractivity contribution in [1.82, 2.24) is 4.90 Å². The lowest BCUT2D eigenvalue weighted by Crippen LogP contribution is -2.37. The molecule has 0 unspecified atom stereocenters. The van der Waals surface area contributed by atoms with Gasteiger partial charge in [0.2, 0.25) is 0 Å². The zero-order valence-electron chi connectivity index (χ0n) is 13.4. The van der Waals surface area contributed by atoms with Gasteiger partial charge in [-0.25, -0.2) is 9.59 Å². The number of ether oxygens (including phenoxy) is 3. The summed E-state index contributed by atoms with van der Waals surface area (Å²) in [7, 11) is 0. The summed E-state index contributed by atoms with van der Waals surface area (Å²) in [5, 5.41) is 0. The van der Waals surface area contributed by atoms with E-state index < -0.39 is 11.9 Å². The van der Waals surface area contributed by atoms with Crippen molar-refractivity contribution in [2.75, 3.05) is 46.1 Å². The number of morpholine rings is 1. The van der Waals surface area contributed by atoms with Crippen LogP contribution in [0.4, 0.5) is 0 Å². The van der Waals surface area contributed by atoms with Gasteiger partial charge in [-0.2, -0.15) is 0 Å². The van der Waals surface area contributed by atoms with Gasteiger partial charge in [-0.05, 0) is 12.8 Å². The largest absolute Gasteiger partial charge is 0.463 e. The molecule has 0 saturated carbocycles. The van der Waals surface area contributed by atoms with E-state index in [-0.39, 0.29) is 0 Å². The van der Waals surface area contributed by atoms with Crippen LogP contribution in [0.2, 0.25) is 0 Å². The molecule has 1 rings (SSSR count). The Balaban J connectivity index is 2.01. The van der Waals surface area contributed by atoms with Gasteiger partial charge in [0.15, 0.2) is 0 Å². The Morgan fingerprint density at radius 3 is 2.18 bits per heavy atom. The lowest BCUT2D eigenvalue weighted by molar-refractivity contribution is -0.140. The lowest BCUT2D eigenvalue weighted by atomic mass is 10.3. The first-order valence-electron chi connectivity index (χ1n) is 8.04. The molecule has 1 aliphatic rings. The van der Waals surface area contributed by atoms with Gasteiger partial charge >= 0.3 is 11.9 Å². The number of hydrogen-bond acceptors (Lipinski definition) is 6. The molecule has 0 spiro atoms. The average Bonchev–Trinajstić information content (AvgIpc) is 2.55. The second kappa shape index (κ2) is 12.2. The van der Waals surface area contributed by atoms with Crippen molar-refractivity contribution >= 4 is 11.9 Å². The van der Waals surface area contributed by atoms with Crippen LogP contribution in [0.5, 0.6) is 0 Å². The molecule has 0 N–H and O–H groups in total. The number of carbonyl (C=O) groups is 2. The van der Waals surface area contributed by atoms with Crippen LogP contribution in [0.3, 0.4) is 0 Å². The quantitative estimate of drug-likeness (QED) is 0.346. The van der Waals surface area contributed by atoms with Gasteiger partial charge < -0.3 is 14.2 Å². The first kappa shape index (κ1) is 18.6. The van der Waals surface area contributed by atoms with E-state index in [0.717, 1.165) is 70.7 Å². The molecule has 0 atom stereocenters. The highest BCUT2D eigenvalue weighted by Crippen LogP contribution is 1.99. The van der Waals surface area contributed by atoms with Gasteiger partial charge in [-0.3, -0.25) is 4.90 Å². The molecule has 0 bridgehead atoms. The maximum Gasteiger partial charge on any atom is 0.331 e. The van der Waals surface area contributed by atoms with Crippen LogP contribution in [0.1, 0.15) is 32.6 Å². The maximum absolute atomic E-state index is 11.4. The molecule has 0 amide bonds. The van der Waals surface area contributed by atoms with Crippen molar-refractivity contribution in [2.24, 2.45) is 0 Å². The van der Waals surface area contributed by atoms with Crippen LogP contribution in [0, 0.1) is 0 Å². The summed E-state index contributed by atoms with van der Waals surface area (Å²) < 4.78 is 15.2. The van der Waals surface area contributed by atoms with E-state index in [1.54, 1.807) is 0 Å². The molecule has 6 heteroatoms. The summed E-state index contributed by atoms with van der Waals surface area (Å²) in [5.74, 6) is -1.01. The van der Waals surface area contributed by atoms with Crippen LogP contribution in [-0.4, -0.2) is 62.9 Å². The molecule has 126 valence electrons. The highest BCUT2D eigenvalue weighted by molar-refractivity contribution is 5.91. The molecule has 0 aromatic carbocycles. The number of hydrogen-bond donors (Lipinski definition) is 0. The third kappa shape index (κ3) is 9.52. The fraction of sp³-hybridized carbons (Fsp3) is 0.750. The smallest absolute Gasteiger partial charge is 0.331 e. The number of nitrogens with zero attached hydrogens (tertiary/aromatic N) is 1. The van der Waals surface area contributed by atoms with Crippen LogP contribution < -0.4 is 0 Å². The topological polar surface area (TPSA) is 65.1 Å². The monoisotopic (exact) mass is 313 g/mol. The SMILES string of the molecule is CCCCCOC(=O)C=CC(=O)OCCCN1CCOCC1. The molecule has 0 radical (unpaired) electrons. The predicted octanol–water partition coefficient (Wildman–Crippen LogP) is 1.54. The van der Waals surface area contributed by atoms with Crippen molar-refractivity contribution in [3.05, 3.63) is 12.2 Å². The number of rotatable bonds is 10. The van der Waals surface area contributed by atoms with Crippen molar-refractivity contribution in [1.29, 1.82) is 0 Å². The first-order valence-corrected chi connectivity index (χ1v) is 8.04. The highest BCUT2D eigenvalue weighted by Gasteiger charge is 2.09. The summed E-state index contributed by atoms with van der Waals surface area (Å²) in [6, 6.07) is 0. The first-order chi connectivity index (χ1) is 10.7. The van der Waals surface area contributed by atoms with Gasteiger partial charge in [-0.1, -0.05) is 19.8 Å².